The average molecular weight is 530 g/mol. The van der Waals surface area contributed by atoms with Crippen molar-refractivity contribution >= 4 is 11.8 Å². The molecule has 2 heteroatoms. The number of hydrogen-bond acceptors (Lipinski definition) is 2. The van der Waals surface area contributed by atoms with Gasteiger partial charge in [0.05, 0.1) is 0 Å². The van der Waals surface area contributed by atoms with Crippen LogP contribution >= 0.6 is 11.8 Å². The molecule has 7 aliphatic carbocycles. The standard InChI is InChI=1S/C37H39NS/c1-2-9-23(10-3-1)25-18-20-35(32-22-30(25)32)38-33-15-6-4-11-27(33)31-21-24(17-19-34(31)38)26-13-8-14-29-28-12-5-7-16-36(28)39-37(26)29/h4-9,11-12,14-19,21,26-28,30-36H,1-3,10,13,20,22H2/t26?,27?,28?,30?,31?,32?,33-,34?,35?,36?/m1/s1. The largest absolute Gasteiger partial charge is 0.286 e. The van der Waals surface area contributed by atoms with Gasteiger partial charge in [0.1, 0.15) is 0 Å². The molecule has 2 fully saturated rings. The second-order valence-electron chi connectivity index (χ2n) is 13.2. The van der Waals surface area contributed by atoms with E-state index in [0.717, 1.165) is 18.3 Å². The summed E-state index contributed by atoms with van der Waals surface area (Å²) in [5.74, 6) is 3.97. The summed E-state index contributed by atoms with van der Waals surface area (Å²) in [4.78, 5) is 4.62. The van der Waals surface area contributed by atoms with Crippen molar-refractivity contribution in [2.45, 2.75) is 68.3 Å². The summed E-state index contributed by atoms with van der Waals surface area (Å²) in [5.41, 5.74) is 6.62. The minimum Gasteiger partial charge on any atom is -0.286 e. The van der Waals surface area contributed by atoms with E-state index >= 15 is 0 Å². The molecule has 198 valence electrons. The zero-order chi connectivity index (χ0) is 25.5. The Labute approximate surface area is 238 Å². The van der Waals surface area contributed by atoms with Crippen LogP contribution in [0.15, 0.2) is 118 Å². The van der Waals surface area contributed by atoms with Crippen LogP contribution in [0, 0.1) is 35.5 Å². The van der Waals surface area contributed by atoms with Gasteiger partial charge in [-0.3, -0.25) is 4.90 Å². The van der Waals surface area contributed by atoms with Gasteiger partial charge in [-0.2, -0.15) is 0 Å². The molecule has 0 aromatic carbocycles. The molecule has 1 saturated carbocycles. The van der Waals surface area contributed by atoms with E-state index in [1.807, 2.05) is 0 Å². The molecule has 1 saturated heterocycles. The van der Waals surface area contributed by atoms with Gasteiger partial charge in [-0.15, -0.1) is 11.8 Å². The molecule has 2 aliphatic heterocycles. The second kappa shape index (κ2) is 9.11. The van der Waals surface area contributed by atoms with Crippen LogP contribution in [0.2, 0.25) is 0 Å². The van der Waals surface area contributed by atoms with Crippen molar-refractivity contribution in [3.8, 4) is 0 Å². The lowest BCUT2D eigenvalue weighted by Gasteiger charge is -2.39. The van der Waals surface area contributed by atoms with Crippen LogP contribution in [0.4, 0.5) is 0 Å². The summed E-state index contributed by atoms with van der Waals surface area (Å²) in [5, 5.41) is 0.587. The van der Waals surface area contributed by atoms with E-state index in [2.05, 4.69) is 108 Å². The summed E-state index contributed by atoms with van der Waals surface area (Å²) in [6.45, 7) is 0. The molecule has 0 bridgehead atoms. The van der Waals surface area contributed by atoms with Crippen LogP contribution in [-0.4, -0.2) is 28.3 Å². The fourth-order valence-electron chi connectivity index (χ4n) is 9.44. The van der Waals surface area contributed by atoms with Crippen LogP contribution in [-0.2, 0) is 0 Å². The van der Waals surface area contributed by atoms with Crippen molar-refractivity contribution in [2.24, 2.45) is 35.5 Å². The average Bonchev–Trinajstić information content (AvgIpc) is 3.62. The van der Waals surface area contributed by atoms with Gasteiger partial charge in [-0.1, -0.05) is 91.1 Å². The van der Waals surface area contributed by atoms with Gasteiger partial charge in [0.15, 0.2) is 0 Å². The van der Waals surface area contributed by atoms with Crippen LogP contribution in [0.5, 0.6) is 0 Å². The summed E-state index contributed by atoms with van der Waals surface area (Å²) in [6, 6.07) is 1.77. The molecule has 0 radical (unpaired) electrons. The van der Waals surface area contributed by atoms with E-state index in [1.54, 1.807) is 27.2 Å². The number of nitrogens with zero attached hydrogens (tertiary/aromatic N) is 1. The lowest BCUT2D eigenvalue weighted by molar-refractivity contribution is 0.138. The van der Waals surface area contributed by atoms with Crippen LogP contribution < -0.4 is 0 Å². The number of likely N-dealkylation sites (tertiary alicyclic amines) is 1. The smallest absolute Gasteiger partial charge is 0.0378 e. The van der Waals surface area contributed by atoms with E-state index < -0.39 is 0 Å². The Morgan fingerprint density at radius 3 is 2.67 bits per heavy atom. The Balaban J connectivity index is 1.02. The van der Waals surface area contributed by atoms with Gasteiger partial charge in [-0.05, 0) is 84.0 Å². The minimum atomic E-state index is 0.531. The molecule has 0 aromatic rings. The van der Waals surface area contributed by atoms with E-state index in [-0.39, 0.29) is 0 Å². The van der Waals surface area contributed by atoms with Crippen molar-refractivity contribution in [2.75, 3.05) is 0 Å². The maximum absolute atomic E-state index is 2.98. The number of allylic oxidation sites excluding steroid dienone is 14. The fourth-order valence-corrected chi connectivity index (χ4v) is 11.0. The predicted octanol–water partition coefficient (Wildman–Crippen LogP) is 8.42. The van der Waals surface area contributed by atoms with Crippen molar-refractivity contribution in [1.82, 2.24) is 4.90 Å². The van der Waals surface area contributed by atoms with E-state index in [4.69, 9.17) is 0 Å². The van der Waals surface area contributed by atoms with Crippen LogP contribution in [0.3, 0.4) is 0 Å². The number of thioether (sulfide) groups is 1. The highest BCUT2D eigenvalue weighted by atomic mass is 32.2. The molecule has 1 nitrogen and oxygen atoms in total. The molecular formula is C37H39NS. The van der Waals surface area contributed by atoms with Gasteiger partial charge < -0.3 is 0 Å². The van der Waals surface area contributed by atoms with Crippen molar-refractivity contribution < 1.29 is 0 Å². The van der Waals surface area contributed by atoms with Crippen molar-refractivity contribution in [1.29, 1.82) is 0 Å². The zero-order valence-corrected chi connectivity index (χ0v) is 23.6. The second-order valence-corrected chi connectivity index (χ2v) is 14.4. The van der Waals surface area contributed by atoms with Crippen molar-refractivity contribution in [3.63, 3.8) is 0 Å². The Hall–Kier alpha value is -2.29. The quantitative estimate of drug-likeness (QED) is 0.361. The summed E-state index contributed by atoms with van der Waals surface area (Å²) >= 11 is 2.14. The van der Waals surface area contributed by atoms with Gasteiger partial charge in [-0.25, -0.2) is 0 Å². The third kappa shape index (κ3) is 3.63. The lowest BCUT2D eigenvalue weighted by Crippen LogP contribution is -2.46. The van der Waals surface area contributed by atoms with Gasteiger partial charge in [0.25, 0.3) is 0 Å². The van der Waals surface area contributed by atoms with E-state index in [0.29, 0.717) is 47.0 Å². The maximum atomic E-state index is 2.98. The van der Waals surface area contributed by atoms with E-state index in [9.17, 15) is 0 Å². The first-order valence-electron chi connectivity index (χ1n) is 15.7. The van der Waals surface area contributed by atoms with Crippen LogP contribution in [0.1, 0.15) is 44.9 Å². The first kappa shape index (κ1) is 23.4. The summed E-state index contributed by atoms with van der Waals surface area (Å²) < 4.78 is 0. The molecule has 0 N–H and O–H groups in total. The first-order chi connectivity index (χ1) is 19.3. The van der Waals surface area contributed by atoms with Crippen LogP contribution in [0.25, 0.3) is 0 Å². The predicted molar refractivity (Wildman–Crippen MR) is 164 cm³/mol. The Morgan fingerprint density at radius 1 is 0.821 bits per heavy atom. The SMILES string of the molecule is C1=CC2SC3=C(C=CCC3C3=CC4C5C=CC=C[C@H]5N(C5CC=C(C6=CCCCC6)C6CC65)C4C=C3)C2C=C1. The molecular weight excluding hydrogens is 490 g/mol. The highest BCUT2D eigenvalue weighted by molar-refractivity contribution is 8.04. The molecule has 9 unspecified atom stereocenters. The van der Waals surface area contributed by atoms with Crippen molar-refractivity contribution in [3.05, 3.63) is 118 Å². The minimum absolute atomic E-state index is 0.531. The highest BCUT2D eigenvalue weighted by Crippen LogP contribution is 2.58. The molecule has 9 rings (SSSR count). The zero-order valence-electron chi connectivity index (χ0n) is 22.7. The van der Waals surface area contributed by atoms with Gasteiger partial charge in [0.2, 0.25) is 0 Å². The fraction of sp³-hybridized carbons (Fsp3) is 0.459. The Bertz CT molecular complexity index is 1390. The normalized spacial score (nSPS) is 44.8. The molecule has 9 aliphatic rings. The number of rotatable bonds is 3. The summed E-state index contributed by atoms with van der Waals surface area (Å²) in [6.07, 6.45) is 46.3. The first-order valence-corrected chi connectivity index (χ1v) is 16.6. The third-order valence-electron chi connectivity index (χ3n) is 11.3. The maximum Gasteiger partial charge on any atom is 0.0378 e. The highest BCUT2D eigenvalue weighted by Gasteiger charge is 2.56. The van der Waals surface area contributed by atoms with Gasteiger partial charge in [0, 0.05) is 47.0 Å². The lowest BCUT2D eigenvalue weighted by atomic mass is 9.76. The monoisotopic (exact) mass is 529 g/mol. The Kier molecular flexibility index (Phi) is 5.47. The van der Waals surface area contributed by atoms with E-state index in [1.165, 1.54) is 38.5 Å². The third-order valence-corrected chi connectivity index (χ3v) is 12.8. The molecule has 0 aromatic heterocycles. The molecule has 0 spiro atoms. The van der Waals surface area contributed by atoms with Gasteiger partial charge >= 0.3 is 0 Å². The molecule has 10 atom stereocenters. The summed E-state index contributed by atoms with van der Waals surface area (Å²) in [7, 11) is 0. The topological polar surface area (TPSA) is 3.24 Å². The molecule has 39 heavy (non-hydrogen) atoms. The Morgan fingerprint density at radius 2 is 1.72 bits per heavy atom. The molecule has 2 heterocycles. The molecule has 0 amide bonds. The number of fused-ring (bicyclic) bond motifs is 6. The number of hydrogen-bond donors (Lipinski definition) is 0.